The standard InChI is InChI=1S/C5H9NO2/c1-4(6)2-3-5(7)8/h2-4H,6H2,1H3,(H,7,8)/b3-2-. The van der Waals surface area contributed by atoms with Crippen molar-refractivity contribution >= 4 is 5.97 Å². The van der Waals surface area contributed by atoms with Gasteiger partial charge in [-0.1, -0.05) is 6.08 Å². The van der Waals surface area contributed by atoms with Crippen LogP contribution in [0.15, 0.2) is 12.2 Å². The average Bonchev–Trinajstić information content (AvgIpc) is 1.61. The SMILES string of the molecule is CC(N)/C=C\C(=O)O. The van der Waals surface area contributed by atoms with Gasteiger partial charge in [0, 0.05) is 12.1 Å². The van der Waals surface area contributed by atoms with Crippen LogP contribution in [0.5, 0.6) is 0 Å². The number of carboxylic acid groups (broad SMARTS) is 1. The molecule has 0 bridgehead atoms. The quantitative estimate of drug-likeness (QED) is 0.497. The lowest BCUT2D eigenvalue weighted by Crippen LogP contribution is -2.10. The fourth-order valence-electron chi connectivity index (χ4n) is 0.234. The average molecular weight is 115 g/mol. The number of nitrogens with two attached hydrogens (primary N) is 1. The molecule has 0 radical (unpaired) electrons. The third-order valence-electron chi connectivity index (χ3n) is 0.542. The lowest BCUT2D eigenvalue weighted by Gasteiger charge is -1.89. The first-order chi connectivity index (χ1) is 3.63. The van der Waals surface area contributed by atoms with E-state index in [0.717, 1.165) is 6.08 Å². The Bertz CT molecular complexity index is 107. The predicted molar refractivity (Wildman–Crippen MR) is 30.4 cm³/mol. The fourth-order valence-corrected chi connectivity index (χ4v) is 0.234. The molecule has 0 spiro atoms. The summed E-state index contributed by atoms with van der Waals surface area (Å²) in [5, 5.41) is 8.02. The molecule has 3 heteroatoms. The van der Waals surface area contributed by atoms with E-state index in [1.54, 1.807) is 6.92 Å². The van der Waals surface area contributed by atoms with E-state index in [1.165, 1.54) is 6.08 Å². The van der Waals surface area contributed by atoms with Crippen LogP contribution >= 0.6 is 0 Å². The van der Waals surface area contributed by atoms with Gasteiger partial charge in [-0.15, -0.1) is 0 Å². The van der Waals surface area contributed by atoms with E-state index in [9.17, 15) is 4.79 Å². The molecule has 0 amide bonds. The van der Waals surface area contributed by atoms with Gasteiger partial charge in [-0.25, -0.2) is 4.79 Å². The Balaban J connectivity index is 3.50. The molecule has 0 aromatic rings. The second-order valence-corrected chi connectivity index (χ2v) is 1.56. The molecule has 46 valence electrons. The Morgan fingerprint density at radius 2 is 2.38 bits per heavy atom. The van der Waals surface area contributed by atoms with Crippen LogP contribution in [-0.2, 0) is 4.79 Å². The molecule has 1 unspecified atom stereocenters. The minimum atomic E-state index is -0.956. The molecule has 3 N–H and O–H groups in total. The number of aliphatic carboxylic acids is 1. The third kappa shape index (κ3) is 5.17. The van der Waals surface area contributed by atoms with E-state index in [-0.39, 0.29) is 6.04 Å². The van der Waals surface area contributed by atoms with Crippen molar-refractivity contribution < 1.29 is 9.90 Å². The molecule has 0 aliphatic carbocycles. The Labute approximate surface area is 47.8 Å². The van der Waals surface area contributed by atoms with E-state index < -0.39 is 5.97 Å². The summed E-state index contributed by atoms with van der Waals surface area (Å²) in [5.41, 5.74) is 5.19. The van der Waals surface area contributed by atoms with Crippen molar-refractivity contribution in [3.63, 3.8) is 0 Å². The van der Waals surface area contributed by atoms with Gasteiger partial charge in [-0.05, 0) is 6.92 Å². The molecule has 1 atom stereocenters. The van der Waals surface area contributed by atoms with Crippen LogP contribution < -0.4 is 5.73 Å². The predicted octanol–water partition coefficient (Wildman–Crippen LogP) is -0.0256. The monoisotopic (exact) mass is 115 g/mol. The maximum atomic E-state index is 9.76. The van der Waals surface area contributed by atoms with Crippen molar-refractivity contribution in [1.82, 2.24) is 0 Å². The second-order valence-electron chi connectivity index (χ2n) is 1.56. The lowest BCUT2D eigenvalue weighted by molar-refractivity contribution is -0.131. The summed E-state index contributed by atoms with van der Waals surface area (Å²) >= 11 is 0. The molecule has 8 heavy (non-hydrogen) atoms. The van der Waals surface area contributed by atoms with Crippen LogP contribution in [0.4, 0.5) is 0 Å². The van der Waals surface area contributed by atoms with Crippen molar-refractivity contribution in [3.05, 3.63) is 12.2 Å². The van der Waals surface area contributed by atoms with Gasteiger partial charge >= 0.3 is 5.97 Å². The first-order valence-corrected chi connectivity index (χ1v) is 2.29. The van der Waals surface area contributed by atoms with Gasteiger partial charge in [-0.3, -0.25) is 0 Å². The summed E-state index contributed by atoms with van der Waals surface area (Å²) in [4.78, 5) is 9.76. The highest BCUT2D eigenvalue weighted by molar-refractivity contribution is 5.79. The lowest BCUT2D eigenvalue weighted by atomic mass is 10.3. The molecule has 0 aliphatic heterocycles. The second kappa shape index (κ2) is 3.21. The molecule has 0 fully saturated rings. The molecule has 0 saturated carbocycles. The first-order valence-electron chi connectivity index (χ1n) is 2.29. The highest BCUT2D eigenvalue weighted by Crippen LogP contribution is 1.77. The van der Waals surface area contributed by atoms with Crippen LogP contribution in [0, 0.1) is 0 Å². The smallest absolute Gasteiger partial charge is 0.328 e. The molecular formula is C5H9NO2. The Hall–Kier alpha value is -0.830. The van der Waals surface area contributed by atoms with Gasteiger partial charge < -0.3 is 10.8 Å². The highest BCUT2D eigenvalue weighted by Gasteiger charge is 1.86. The number of hydrogen-bond donors (Lipinski definition) is 2. The van der Waals surface area contributed by atoms with Crippen molar-refractivity contribution in [2.75, 3.05) is 0 Å². The zero-order chi connectivity index (χ0) is 6.57. The topological polar surface area (TPSA) is 63.3 Å². The summed E-state index contributed by atoms with van der Waals surface area (Å²) in [6, 6.07) is -0.175. The van der Waals surface area contributed by atoms with Gasteiger partial charge in [-0.2, -0.15) is 0 Å². The third-order valence-corrected chi connectivity index (χ3v) is 0.542. The highest BCUT2D eigenvalue weighted by atomic mass is 16.4. The summed E-state index contributed by atoms with van der Waals surface area (Å²) < 4.78 is 0. The minimum Gasteiger partial charge on any atom is -0.478 e. The Kier molecular flexibility index (Phi) is 2.88. The zero-order valence-corrected chi connectivity index (χ0v) is 4.66. The Morgan fingerprint density at radius 1 is 1.88 bits per heavy atom. The van der Waals surface area contributed by atoms with Crippen LogP contribution in [0.25, 0.3) is 0 Å². The summed E-state index contributed by atoms with van der Waals surface area (Å²) in [6.45, 7) is 1.71. The Morgan fingerprint density at radius 3 is 2.50 bits per heavy atom. The van der Waals surface area contributed by atoms with Crippen LogP contribution in [-0.4, -0.2) is 17.1 Å². The number of carboxylic acids is 1. The molecule has 0 heterocycles. The van der Waals surface area contributed by atoms with Gasteiger partial charge in [0.2, 0.25) is 0 Å². The first kappa shape index (κ1) is 7.17. The van der Waals surface area contributed by atoms with Crippen molar-refractivity contribution in [3.8, 4) is 0 Å². The van der Waals surface area contributed by atoms with Crippen LogP contribution in [0.1, 0.15) is 6.92 Å². The zero-order valence-electron chi connectivity index (χ0n) is 4.66. The maximum absolute atomic E-state index is 9.76. The number of rotatable bonds is 2. The van der Waals surface area contributed by atoms with Gasteiger partial charge in [0.25, 0.3) is 0 Å². The number of carbonyl (C=O) groups is 1. The number of hydrogen-bond acceptors (Lipinski definition) is 2. The maximum Gasteiger partial charge on any atom is 0.328 e. The van der Waals surface area contributed by atoms with Gasteiger partial charge in [0.1, 0.15) is 0 Å². The molecule has 3 nitrogen and oxygen atoms in total. The summed E-state index contributed by atoms with van der Waals surface area (Å²) in [6.07, 6.45) is 2.45. The minimum absolute atomic E-state index is 0.175. The molecule has 0 aliphatic rings. The van der Waals surface area contributed by atoms with Crippen LogP contribution in [0.2, 0.25) is 0 Å². The normalized spacial score (nSPS) is 14.2. The van der Waals surface area contributed by atoms with Crippen molar-refractivity contribution in [2.45, 2.75) is 13.0 Å². The molecular weight excluding hydrogens is 106 g/mol. The van der Waals surface area contributed by atoms with E-state index in [1.807, 2.05) is 0 Å². The summed E-state index contributed by atoms with van der Waals surface area (Å²) in [5.74, 6) is -0.956. The van der Waals surface area contributed by atoms with Crippen molar-refractivity contribution in [1.29, 1.82) is 0 Å². The summed E-state index contributed by atoms with van der Waals surface area (Å²) in [7, 11) is 0. The van der Waals surface area contributed by atoms with E-state index in [4.69, 9.17) is 10.8 Å². The van der Waals surface area contributed by atoms with Gasteiger partial charge in [0.15, 0.2) is 0 Å². The molecule has 0 aromatic heterocycles. The van der Waals surface area contributed by atoms with E-state index in [0.29, 0.717) is 0 Å². The van der Waals surface area contributed by atoms with Crippen molar-refractivity contribution in [2.24, 2.45) is 5.73 Å². The molecule has 0 saturated heterocycles. The van der Waals surface area contributed by atoms with E-state index in [2.05, 4.69) is 0 Å². The van der Waals surface area contributed by atoms with Crippen LogP contribution in [0.3, 0.4) is 0 Å². The molecule has 0 aromatic carbocycles. The fraction of sp³-hybridized carbons (Fsp3) is 0.400. The molecule has 0 rings (SSSR count). The van der Waals surface area contributed by atoms with Gasteiger partial charge in [0.05, 0.1) is 0 Å². The largest absolute Gasteiger partial charge is 0.478 e. The van der Waals surface area contributed by atoms with E-state index >= 15 is 0 Å².